The van der Waals surface area contributed by atoms with Crippen LogP contribution in [0.4, 0.5) is 17.6 Å². The van der Waals surface area contributed by atoms with Gasteiger partial charge in [-0.1, -0.05) is 23.2 Å². The van der Waals surface area contributed by atoms with Crippen LogP contribution in [-0.2, 0) is 0 Å². The van der Waals surface area contributed by atoms with E-state index in [1.165, 1.54) is 6.07 Å². The van der Waals surface area contributed by atoms with E-state index in [-0.39, 0.29) is 16.5 Å². The first-order valence-corrected chi connectivity index (χ1v) is 6.94. The average molecular weight is 379 g/mol. The molecule has 1 aromatic heterocycles. The fourth-order valence-electron chi connectivity index (χ4n) is 1.92. The highest BCUT2D eigenvalue weighted by Gasteiger charge is 2.23. The van der Waals surface area contributed by atoms with Crippen molar-refractivity contribution < 1.29 is 22.0 Å². The SMILES string of the molecule is O=c1oc(-c2ccc(F)cc2Cl)nn1-c1cc(Cl)c(F)c(F)c1F. The van der Waals surface area contributed by atoms with E-state index in [0.29, 0.717) is 10.7 Å². The smallest absolute Gasteiger partial charge is 0.387 e. The third-order valence-corrected chi connectivity index (χ3v) is 3.61. The van der Waals surface area contributed by atoms with Gasteiger partial charge in [0.2, 0.25) is 0 Å². The Labute approximate surface area is 140 Å². The van der Waals surface area contributed by atoms with Crippen molar-refractivity contribution in [3.05, 3.63) is 68.1 Å². The molecule has 0 radical (unpaired) electrons. The molecule has 0 aliphatic rings. The van der Waals surface area contributed by atoms with Crippen LogP contribution in [0, 0.1) is 23.3 Å². The summed E-state index contributed by atoms with van der Waals surface area (Å²) in [4.78, 5) is 11.8. The number of halogens is 6. The summed E-state index contributed by atoms with van der Waals surface area (Å²) in [7, 11) is 0. The van der Waals surface area contributed by atoms with E-state index in [1.54, 1.807) is 0 Å². The standard InChI is InChI=1S/C14H4Cl2F4N2O2/c15-7-3-5(17)1-2-6(7)13-21-22(14(23)24-13)9-4-8(16)10(18)12(20)11(9)19/h1-4H. The van der Waals surface area contributed by atoms with Gasteiger partial charge < -0.3 is 4.42 Å². The molecule has 0 aliphatic carbocycles. The maximum atomic E-state index is 13.9. The van der Waals surface area contributed by atoms with E-state index in [9.17, 15) is 22.4 Å². The second kappa shape index (κ2) is 5.95. The molecule has 10 heteroatoms. The molecule has 3 aromatic rings. The zero-order valence-corrected chi connectivity index (χ0v) is 12.8. The molecule has 3 rings (SSSR count). The fourth-order valence-corrected chi connectivity index (χ4v) is 2.35. The summed E-state index contributed by atoms with van der Waals surface area (Å²) in [5.41, 5.74) is -0.708. The highest BCUT2D eigenvalue weighted by Crippen LogP contribution is 2.28. The van der Waals surface area contributed by atoms with Gasteiger partial charge in [-0.2, -0.15) is 4.68 Å². The molecule has 0 aliphatic heterocycles. The van der Waals surface area contributed by atoms with Crippen molar-refractivity contribution in [3.63, 3.8) is 0 Å². The van der Waals surface area contributed by atoms with Crippen LogP contribution in [-0.4, -0.2) is 9.78 Å². The molecule has 0 saturated carbocycles. The van der Waals surface area contributed by atoms with Crippen LogP contribution in [0.1, 0.15) is 0 Å². The zero-order valence-electron chi connectivity index (χ0n) is 11.3. The molecule has 1 heterocycles. The van der Waals surface area contributed by atoms with Gasteiger partial charge in [0.15, 0.2) is 17.5 Å². The van der Waals surface area contributed by atoms with Crippen LogP contribution in [0.5, 0.6) is 0 Å². The number of nitrogens with zero attached hydrogens (tertiary/aromatic N) is 2. The van der Waals surface area contributed by atoms with Crippen molar-refractivity contribution in [2.75, 3.05) is 0 Å². The van der Waals surface area contributed by atoms with Crippen LogP contribution in [0.2, 0.25) is 10.0 Å². The van der Waals surface area contributed by atoms with Crippen LogP contribution >= 0.6 is 23.2 Å². The normalized spacial score (nSPS) is 11.1. The molecule has 0 saturated heterocycles. The summed E-state index contributed by atoms with van der Waals surface area (Å²) < 4.78 is 58.7. The van der Waals surface area contributed by atoms with Gasteiger partial charge in [0.25, 0.3) is 5.89 Å². The first kappa shape index (κ1) is 16.5. The summed E-state index contributed by atoms with van der Waals surface area (Å²) in [6.45, 7) is 0. The van der Waals surface area contributed by atoms with Crippen molar-refractivity contribution in [1.82, 2.24) is 9.78 Å². The predicted octanol–water partition coefficient (Wildman–Crippen LogP) is 4.36. The minimum absolute atomic E-state index is 0.0444. The van der Waals surface area contributed by atoms with Crippen molar-refractivity contribution in [1.29, 1.82) is 0 Å². The fraction of sp³-hybridized carbons (Fsp3) is 0. The lowest BCUT2D eigenvalue weighted by atomic mass is 10.2. The van der Waals surface area contributed by atoms with Gasteiger partial charge in [-0.3, -0.25) is 0 Å². The predicted molar refractivity (Wildman–Crippen MR) is 77.4 cm³/mol. The highest BCUT2D eigenvalue weighted by molar-refractivity contribution is 6.33. The van der Waals surface area contributed by atoms with Gasteiger partial charge in [0, 0.05) is 0 Å². The minimum Gasteiger partial charge on any atom is -0.387 e. The molecule has 0 fully saturated rings. The van der Waals surface area contributed by atoms with Gasteiger partial charge in [-0.05, 0) is 24.3 Å². The Kier molecular flexibility index (Phi) is 4.10. The van der Waals surface area contributed by atoms with Gasteiger partial charge in [-0.15, -0.1) is 5.10 Å². The third kappa shape index (κ3) is 2.67. The largest absolute Gasteiger partial charge is 0.442 e. The molecule has 0 unspecified atom stereocenters. The summed E-state index contributed by atoms with van der Waals surface area (Å²) in [5, 5.41) is 2.79. The summed E-state index contributed by atoms with van der Waals surface area (Å²) in [6.07, 6.45) is 0. The van der Waals surface area contributed by atoms with E-state index < -0.39 is 39.7 Å². The molecule has 0 N–H and O–H groups in total. The Hall–Kier alpha value is -2.32. The minimum atomic E-state index is -1.87. The number of hydrogen-bond donors (Lipinski definition) is 0. The number of hydrogen-bond acceptors (Lipinski definition) is 3. The topological polar surface area (TPSA) is 48.0 Å². The van der Waals surface area contributed by atoms with Crippen molar-refractivity contribution >= 4 is 23.2 Å². The Morgan fingerprint density at radius 1 is 0.958 bits per heavy atom. The first-order chi connectivity index (χ1) is 11.3. The van der Waals surface area contributed by atoms with Gasteiger partial charge in [0.05, 0.1) is 15.6 Å². The molecule has 0 bridgehead atoms. The third-order valence-electron chi connectivity index (χ3n) is 3.02. The number of benzene rings is 2. The quantitative estimate of drug-likeness (QED) is 0.378. The second-order valence-corrected chi connectivity index (χ2v) is 5.34. The second-order valence-electron chi connectivity index (χ2n) is 4.53. The van der Waals surface area contributed by atoms with Crippen LogP contribution in [0.3, 0.4) is 0 Å². The van der Waals surface area contributed by atoms with Crippen molar-refractivity contribution in [2.45, 2.75) is 0 Å². The summed E-state index contributed by atoms with van der Waals surface area (Å²) in [5.74, 6) is -7.35. The molecule has 2 aromatic carbocycles. The number of rotatable bonds is 2. The van der Waals surface area contributed by atoms with E-state index in [2.05, 4.69) is 5.10 Å². The lowest BCUT2D eigenvalue weighted by Gasteiger charge is -2.04. The Morgan fingerprint density at radius 2 is 1.67 bits per heavy atom. The molecule has 0 atom stereocenters. The van der Waals surface area contributed by atoms with E-state index >= 15 is 0 Å². The highest BCUT2D eigenvalue weighted by atomic mass is 35.5. The summed E-state index contributed by atoms with van der Waals surface area (Å²) >= 11 is 11.3. The van der Waals surface area contributed by atoms with E-state index in [4.69, 9.17) is 27.6 Å². The number of aromatic nitrogens is 2. The molecule has 0 spiro atoms. The maximum Gasteiger partial charge on any atom is 0.442 e. The molecule has 4 nitrogen and oxygen atoms in total. The van der Waals surface area contributed by atoms with Crippen LogP contribution in [0.25, 0.3) is 17.1 Å². The van der Waals surface area contributed by atoms with E-state index in [0.717, 1.165) is 12.1 Å². The van der Waals surface area contributed by atoms with Gasteiger partial charge in [0.1, 0.15) is 11.5 Å². The zero-order chi connectivity index (χ0) is 17.6. The Morgan fingerprint density at radius 3 is 2.33 bits per heavy atom. The Balaban J connectivity index is 2.19. The first-order valence-electron chi connectivity index (χ1n) is 6.18. The average Bonchev–Trinajstić information content (AvgIpc) is 2.90. The molecule has 124 valence electrons. The Bertz CT molecular complexity index is 1020. The lowest BCUT2D eigenvalue weighted by molar-refractivity contribution is 0.440. The molecular weight excluding hydrogens is 375 g/mol. The van der Waals surface area contributed by atoms with Crippen LogP contribution in [0.15, 0.2) is 33.5 Å². The lowest BCUT2D eigenvalue weighted by Crippen LogP contribution is -2.16. The van der Waals surface area contributed by atoms with Crippen molar-refractivity contribution in [2.24, 2.45) is 0 Å². The van der Waals surface area contributed by atoms with Gasteiger partial charge >= 0.3 is 5.76 Å². The maximum absolute atomic E-state index is 13.9. The molecular formula is C14H4Cl2F4N2O2. The molecule has 0 amide bonds. The van der Waals surface area contributed by atoms with Crippen molar-refractivity contribution in [3.8, 4) is 17.1 Å². The van der Waals surface area contributed by atoms with E-state index in [1.807, 2.05) is 0 Å². The van der Waals surface area contributed by atoms with Gasteiger partial charge in [-0.25, -0.2) is 22.4 Å². The summed E-state index contributed by atoms with van der Waals surface area (Å²) in [6, 6.07) is 3.84. The monoisotopic (exact) mass is 378 g/mol. The van der Waals surface area contributed by atoms with Crippen LogP contribution < -0.4 is 5.76 Å². The molecule has 24 heavy (non-hydrogen) atoms.